The quantitative estimate of drug-likeness (QED) is 0.266. The molecule has 0 unspecified atom stereocenters. The van der Waals surface area contributed by atoms with Gasteiger partial charge in [0.2, 0.25) is 17.7 Å². The number of halogens is 3. The molecule has 2 atom stereocenters. The third-order valence-electron chi connectivity index (χ3n) is 8.07. The molecule has 2 aliphatic heterocycles. The van der Waals surface area contributed by atoms with Gasteiger partial charge in [-0.15, -0.1) is 0 Å². The first-order valence-corrected chi connectivity index (χ1v) is 14.6. The van der Waals surface area contributed by atoms with Crippen molar-refractivity contribution >= 4 is 34.7 Å². The second-order valence-electron chi connectivity index (χ2n) is 10.9. The number of pyridine rings is 2. The molecule has 9 nitrogen and oxygen atoms in total. The van der Waals surface area contributed by atoms with E-state index in [1.54, 1.807) is 46.4 Å². The van der Waals surface area contributed by atoms with Crippen LogP contribution < -0.4 is 10.1 Å². The number of fused-ring (bicyclic) bond motifs is 4. The van der Waals surface area contributed by atoms with Crippen LogP contribution in [0.15, 0.2) is 61.1 Å². The standard InChI is InChI=1S/C32H29ClF2N6O3/c1-18-4-3-5-26(40-13-10-19(15-28(40)42)29-23(34)7-6-22(33)30(29)35)24-14-20(8-11-36-24)31-25(38-32(18)43)17-41(39-31)21-9-12-37-27(16-21)44-2/h6-9,11-12,14-18,26H,3-5,10,13H2,1-2H3,(H,38,43)/t18-,26+/m1/s1. The van der Waals surface area contributed by atoms with Gasteiger partial charge < -0.3 is 15.0 Å². The van der Waals surface area contributed by atoms with Crippen LogP contribution in [0.2, 0.25) is 5.02 Å². The normalized spacial score (nSPS) is 18.9. The van der Waals surface area contributed by atoms with Gasteiger partial charge in [-0.1, -0.05) is 24.9 Å². The van der Waals surface area contributed by atoms with E-state index in [4.69, 9.17) is 21.4 Å². The minimum Gasteiger partial charge on any atom is -0.481 e. The molecule has 5 heterocycles. The van der Waals surface area contributed by atoms with Crippen LogP contribution in [-0.2, 0) is 9.59 Å². The molecule has 0 aliphatic carbocycles. The number of amides is 2. The number of benzene rings is 1. The van der Waals surface area contributed by atoms with E-state index in [1.165, 1.54) is 13.2 Å². The molecule has 2 aliphatic rings. The van der Waals surface area contributed by atoms with E-state index < -0.39 is 17.7 Å². The van der Waals surface area contributed by atoms with Crippen molar-refractivity contribution in [2.75, 3.05) is 19.0 Å². The summed E-state index contributed by atoms with van der Waals surface area (Å²) < 4.78 is 36.3. The van der Waals surface area contributed by atoms with Gasteiger partial charge in [0.05, 0.1) is 47.0 Å². The maximum Gasteiger partial charge on any atom is 0.247 e. The molecular weight excluding hydrogens is 590 g/mol. The SMILES string of the molecule is COc1cc(-n2cc3c(n2)-c2ccnc(c2)[C@@H](N2CCC(c4c(F)ccc(Cl)c4F)=CC2=O)CCC[C@@H](C)C(=O)N3)ccn1. The molecule has 2 bridgehead atoms. The van der Waals surface area contributed by atoms with Gasteiger partial charge in [0.25, 0.3) is 0 Å². The summed E-state index contributed by atoms with van der Waals surface area (Å²) in [4.78, 5) is 37.2. The Bertz CT molecular complexity index is 1790. The molecule has 0 saturated carbocycles. The Labute approximate surface area is 257 Å². The maximum atomic E-state index is 14.8. The Morgan fingerprint density at radius 3 is 2.68 bits per heavy atom. The highest BCUT2D eigenvalue weighted by Crippen LogP contribution is 2.37. The van der Waals surface area contributed by atoms with Crippen molar-refractivity contribution in [2.45, 2.75) is 38.6 Å². The lowest BCUT2D eigenvalue weighted by molar-refractivity contribution is -0.129. The summed E-state index contributed by atoms with van der Waals surface area (Å²) in [5, 5.41) is 7.63. The number of hydrogen-bond donors (Lipinski definition) is 1. The summed E-state index contributed by atoms with van der Waals surface area (Å²) >= 11 is 5.91. The van der Waals surface area contributed by atoms with Crippen molar-refractivity contribution < 1.29 is 23.1 Å². The fraction of sp³-hybridized carbons (Fsp3) is 0.281. The molecule has 226 valence electrons. The van der Waals surface area contributed by atoms with Crippen molar-refractivity contribution in [1.29, 1.82) is 0 Å². The van der Waals surface area contributed by atoms with E-state index in [0.717, 1.165) is 12.1 Å². The van der Waals surface area contributed by atoms with Gasteiger partial charge in [-0.3, -0.25) is 14.6 Å². The summed E-state index contributed by atoms with van der Waals surface area (Å²) in [5.74, 6) is -2.06. The largest absolute Gasteiger partial charge is 0.481 e. The van der Waals surface area contributed by atoms with Crippen molar-refractivity contribution in [1.82, 2.24) is 24.6 Å². The zero-order valence-electron chi connectivity index (χ0n) is 24.1. The lowest BCUT2D eigenvalue weighted by Crippen LogP contribution is -2.38. The number of nitrogens with one attached hydrogen (secondary N) is 1. The van der Waals surface area contributed by atoms with Crippen LogP contribution in [0.1, 0.15) is 49.9 Å². The average Bonchev–Trinajstić information content (AvgIpc) is 3.45. The highest BCUT2D eigenvalue weighted by atomic mass is 35.5. The summed E-state index contributed by atoms with van der Waals surface area (Å²) in [5.41, 5.74) is 3.08. The van der Waals surface area contributed by atoms with Gasteiger partial charge in [0.1, 0.15) is 11.5 Å². The lowest BCUT2D eigenvalue weighted by atomic mass is 9.93. The van der Waals surface area contributed by atoms with E-state index in [9.17, 15) is 18.4 Å². The van der Waals surface area contributed by atoms with E-state index in [1.807, 2.05) is 13.0 Å². The minimum atomic E-state index is -0.882. The van der Waals surface area contributed by atoms with E-state index >= 15 is 0 Å². The van der Waals surface area contributed by atoms with Gasteiger partial charge in [0, 0.05) is 42.6 Å². The monoisotopic (exact) mass is 618 g/mol. The second kappa shape index (κ2) is 12.2. The highest BCUT2D eigenvalue weighted by Gasteiger charge is 2.31. The van der Waals surface area contributed by atoms with E-state index in [-0.39, 0.29) is 46.9 Å². The van der Waals surface area contributed by atoms with E-state index in [0.29, 0.717) is 53.5 Å². The van der Waals surface area contributed by atoms with Crippen LogP contribution >= 0.6 is 11.6 Å². The van der Waals surface area contributed by atoms with Crippen LogP contribution in [0, 0.1) is 17.6 Å². The molecule has 2 amide bonds. The molecule has 4 aromatic rings. The Morgan fingerprint density at radius 2 is 1.89 bits per heavy atom. The van der Waals surface area contributed by atoms with Gasteiger partial charge >= 0.3 is 0 Å². The molecule has 1 aromatic carbocycles. The fourth-order valence-electron chi connectivity index (χ4n) is 5.69. The molecule has 6 rings (SSSR count). The number of carbonyl (C=O) groups excluding carboxylic acids is 2. The number of carbonyl (C=O) groups is 2. The summed E-state index contributed by atoms with van der Waals surface area (Å²) in [6.45, 7) is 2.09. The predicted octanol–water partition coefficient (Wildman–Crippen LogP) is 6.39. The van der Waals surface area contributed by atoms with Gasteiger partial charge in [0.15, 0.2) is 5.82 Å². The van der Waals surface area contributed by atoms with E-state index in [2.05, 4.69) is 15.3 Å². The summed E-state index contributed by atoms with van der Waals surface area (Å²) in [7, 11) is 1.53. The highest BCUT2D eigenvalue weighted by molar-refractivity contribution is 6.31. The van der Waals surface area contributed by atoms with Gasteiger partial charge in [-0.25, -0.2) is 18.4 Å². The number of hydrogen-bond acceptors (Lipinski definition) is 6. The molecule has 0 radical (unpaired) electrons. The third kappa shape index (κ3) is 5.67. The van der Waals surface area contributed by atoms with Crippen molar-refractivity contribution in [3.05, 3.63) is 89.0 Å². The second-order valence-corrected chi connectivity index (χ2v) is 11.3. The topological polar surface area (TPSA) is 102 Å². The molecule has 0 fully saturated rings. The summed E-state index contributed by atoms with van der Waals surface area (Å²) in [6.07, 6.45) is 8.28. The molecule has 44 heavy (non-hydrogen) atoms. The molecule has 0 spiro atoms. The molecule has 12 heteroatoms. The van der Waals surface area contributed by atoms with Crippen molar-refractivity contribution in [3.63, 3.8) is 0 Å². The number of nitrogens with zero attached hydrogens (tertiary/aromatic N) is 5. The fourth-order valence-corrected chi connectivity index (χ4v) is 5.85. The molecule has 1 N–H and O–H groups in total. The van der Waals surface area contributed by atoms with Crippen LogP contribution in [0.4, 0.5) is 14.5 Å². The maximum absolute atomic E-state index is 14.8. The molecule has 3 aromatic heterocycles. The first kappa shape index (κ1) is 29.4. The van der Waals surface area contributed by atoms with Gasteiger partial charge in [-0.05, 0) is 55.2 Å². The number of methoxy groups -OCH3 is 1. The van der Waals surface area contributed by atoms with Crippen molar-refractivity contribution in [2.24, 2.45) is 5.92 Å². The number of ether oxygens (including phenoxy) is 1. The molecular formula is C32H29ClF2N6O3. The predicted molar refractivity (Wildman–Crippen MR) is 161 cm³/mol. The van der Waals surface area contributed by atoms with Crippen LogP contribution in [-0.4, -0.2) is 50.1 Å². The Kier molecular flexibility index (Phi) is 8.13. The minimum absolute atomic E-state index is 0.142. The number of rotatable bonds is 4. The lowest BCUT2D eigenvalue weighted by Gasteiger charge is -2.34. The Hall–Kier alpha value is -4.64. The molecule has 0 saturated heterocycles. The Balaban J connectivity index is 1.39. The van der Waals surface area contributed by atoms with Gasteiger partial charge in [-0.2, -0.15) is 5.10 Å². The van der Waals surface area contributed by atoms with Crippen LogP contribution in [0.5, 0.6) is 5.88 Å². The van der Waals surface area contributed by atoms with Crippen LogP contribution in [0.3, 0.4) is 0 Å². The zero-order chi connectivity index (χ0) is 31.0. The average molecular weight is 619 g/mol. The zero-order valence-corrected chi connectivity index (χ0v) is 24.8. The first-order valence-electron chi connectivity index (χ1n) is 14.3. The van der Waals surface area contributed by atoms with Crippen molar-refractivity contribution in [3.8, 4) is 22.8 Å². The first-order chi connectivity index (χ1) is 21.2. The number of aromatic nitrogens is 4. The van der Waals surface area contributed by atoms with Crippen LogP contribution in [0.25, 0.3) is 22.5 Å². The third-order valence-corrected chi connectivity index (χ3v) is 8.36. The number of anilines is 1. The smallest absolute Gasteiger partial charge is 0.247 e. The summed E-state index contributed by atoms with van der Waals surface area (Å²) in [6, 6.07) is 9.00. The Morgan fingerprint density at radius 1 is 1.07 bits per heavy atom.